The van der Waals surface area contributed by atoms with Crippen molar-refractivity contribution >= 4 is 22.6 Å². The summed E-state index contributed by atoms with van der Waals surface area (Å²) in [6.07, 6.45) is 2.65. The van der Waals surface area contributed by atoms with E-state index in [0.717, 1.165) is 47.9 Å². The monoisotopic (exact) mass is 457 g/mol. The van der Waals surface area contributed by atoms with Crippen LogP contribution in [0.2, 0.25) is 5.02 Å². The Balaban J connectivity index is 1.40. The molecule has 1 aliphatic heterocycles. The van der Waals surface area contributed by atoms with Gasteiger partial charge in [0, 0.05) is 30.0 Å². The van der Waals surface area contributed by atoms with Gasteiger partial charge in [0.2, 0.25) is 0 Å². The number of benzene rings is 3. The predicted octanol–water partition coefficient (Wildman–Crippen LogP) is 5.92. The van der Waals surface area contributed by atoms with Gasteiger partial charge in [-0.05, 0) is 42.0 Å². The minimum atomic E-state index is -0.219. The summed E-state index contributed by atoms with van der Waals surface area (Å²) in [7, 11) is 0. The molecular weight excluding hydrogens is 434 g/mol. The standard InChI is InChI=1S/C28H24ClNO3/c29-25-14-22-20-12-7-13-21(20)28(31)33-26(22)24-16-30(17-32-27(24)25)15-23(18-8-3-1-4-9-18)19-10-5-2-6-11-19/h1-6,8-11,14,23H,7,12-13,15-17H2. The molecule has 4 aromatic rings. The summed E-state index contributed by atoms with van der Waals surface area (Å²) in [5.41, 5.74) is 5.69. The molecule has 2 aliphatic rings. The van der Waals surface area contributed by atoms with Crippen LogP contribution < -0.4 is 10.4 Å². The number of rotatable bonds is 4. The Hall–Kier alpha value is -3.08. The molecule has 0 fully saturated rings. The van der Waals surface area contributed by atoms with Crippen LogP contribution in [0.25, 0.3) is 11.0 Å². The van der Waals surface area contributed by atoms with Gasteiger partial charge < -0.3 is 9.15 Å². The maximum atomic E-state index is 12.7. The highest BCUT2D eigenvalue weighted by molar-refractivity contribution is 6.33. The third kappa shape index (κ3) is 3.64. The van der Waals surface area contributed by atoms with Crippen molar-refractivity contribution in [2.75, 3.05) is 13.3 Å². The number of ether oxygens (including phenoxy) is 1. The topological polar surface area (TPSA) is 42.7 Å². The van der Waals surface area contributed by atoms with Crippen LogP contribution >= 0.6 is 11.6 Å². The molecule has 5 heteroatoms. The van der Waals surface area contributed by atoms with Gasteiger partial charge in [-0.2, -0.15) is 0 Å². The summed E-state index contributed by atoms with van der Waals surface area (Å²) in [6.45, 7) is 1.82. The zero-order valence-electron chi connectivity index (χ0n) is 18.2. The molecule has 0 unspecified atom stereocenters. The van der Waals surface area contributed by atoms with Gasteiger partial charge in [-0.25, -0.2) is 4.79 Å². The molecule has 0 atom stereocenters. The van der Waals surface area contributed by atoms with Crippen molar-refractivity contribution in [1.29, 1.82) is 0 Å². The van der Waals surface area contributed by atoms with E-state index in [4.69, 9.17) is 20.8 Å². The fraction of sp³-hybridized carbons (Fsp3) is 0.250. The van der Waals surface area contributed by atoms with Crippen molar-refractivity contribution in [3.8, 4) is 5.75 Å². The Labute approximate surface area is 197 Å². The molecule has 33 heavy (non-hydrogen) atoms. The summed E-state index contributed by atoms with van der Waals surface area (Å²) >= 11 is 6.64. The molecular formula is C28H24ClNO3. The molecule has 0 amide bonds. The van der Waals surface area contributed by atoms with E-state index in [2.05, 4.69) is 53.4 Å². The highest BCUT2D eigenvalue weighted by Gasteiger charge is 2.29. The van der Waals surface area contributed by atoms with Gasteiger partial charge in [0.15, 0.2) is 0 Å². The van der Waals surface area contributed by atoms with Gasteiger partial charge in [-0.3, -0.25) is 4.90 Å². The third-order valence-corrected chi connectivity index (χ3v) is 7.16. The molecule has 0 saturated carbocycles. The molecule has 6 rings (SSSR count). The lowest BCUT2D eigenvalue weighted by Gasteiger charge is -2.33. The van der Waals surface area contributed by atoms with E-state index in [-0.39, 0.29) is 11.5 Å². The van der Waals surface area contributed by atoms with Gasteiger partial charge in [-0.15, -0.1) is 0 Å². The van der Waals surface area contributed by atoms with E-state index in [1.54, 1.807) is 0 Å². The molecule has 0 bridgehead atoms. The Morgan fingerprint density at radius 3 is 2.27 bits per heavy atom. The molecule has 0 spiro atoms. The summed E-state index contributed by atoms with van der Waals surface area (Å²) in [5, 5.41) is 1.54. The summed E-state index contributed by atoms with van der Waals surface area (Å²) in [5.74, 6) is 0.830. The van der Waals surface area contributed by atoms with Crippen LogP contribution in [0.4, 0.5) is 0 Å². The average molecular weight is 458 g/mol. The largest absolute Gasteiger partial charge is 0.476 e. The maximum Gasteiger partial charge on any atom is 0.339 e. The number of aryl methyl sites for hydroxylation is 1. The van der Waals surface area contributed by atoms with Crippen molar-refractivity contribution in [3.05, 3.63) is 110 Å². The van der Waals surface area contributed by atoms with E-state index < -0.39 is 0 Å². The lowest BCUT2D eigenvalue weighted by Crippen LogP contribution is -2.36. The van der Waals surface area contributed by atoms with E-state index in [0.29, 0.717) is 29.6 Å². The zero-order valence-corrected chi connectivity index (χ0v) is 19.0. The van der Waals surface area contributed by atoms with Crippen LogP contribution in [0.1, 0.15) is 40.2 Å². The minimum absolute atomic E-state index is 0.194. The number of nitrogens with zero attached hydrogens (tertiary/aromatic N) is 1. The highest BCUT2D eigenvalue weighted by Crippen LogP contribution is 2.41. The number of fused-ring (bicyclic) bond motifs is 5. The van der Waals surface area contributed by atoms with E-state index in [1.807, 2.05) is 18.2 Å². The molecule has 2 heterocycles. The summed E-state index contributed by atoms with van der Waals surface area (Å²) < 4.78 is 12.0. The Morgan fingerprint density at radius 2 is 1.58 bits per heavy atom. The smallest absolute Gasteiger partial charge is 0.339 e. The predicted molar refractivity (Wildman–Crippen MR) is 130 cm³/mol. The first-order valence-corrected chi connectivity index (χ1v) is 11.8. The van der Waals surface area contributed by atoms with Crippen LogP contribution in [0.5, 0.6) is 5.75 Å². The van der Waals surface area contributed by atoms with Gasteiger partial charge >= 0.3 is 5.63 Å². The van der Waals surface area contributed by atoms with Crippen LogP contribution in [0.3, 0.4) is 0 Å². The van der Waals surface area contributed by atoms with Crippen LogP contribution in [-0.4, -0.2) is 18.2 Å². The van der Waals surface area contributed by atoms with Gasteiger partial charge in [-0.1, -0.05) is 72.3 Å². The van der Waals surface area contributed by atoms with Crippen LogP contribution in [-0.2, 0) is 19.4 Å². The van der Waals surface area contributed by atoms with Gasteiger partial charge in [0.1, 0.15) is 18.1 Å². The quantitative estimate of drug-likeness (QED) is 0.357. The second-order valence-corrected chi connectivity index (χ2v) is 9.31. The minimum Gasteiger partial charge on any atom is -0.476 e. The molecule has 166 valence electrons. The Bertz CT molecular complexity index is 1340. The summed E-state index contributed by atoms with van der Waals surface area (Å²) in [4.78, 5) is 14.9. The van der Waals surface area contributed by atoms with E-state index >= 15 is 0 Å². The lowest BCUT2D eigenvalue weighted by atomic mass is 9.90. The van der Waals surface area contributed by atoms with Crippen LogP contribution in [0, 0.1) is 0 Å². The normalized spacial score (nSPS) is 15.5. The third-order valence-electron chi connectivity index (χ3n) is 6.88. The molecule has 0 N–H and O–H groups in total. The van der Waals surface area contributed by atoms with Crippen molar-refractivity contribution in [3.63, 3.8) is 0 Å². The number of hydrogen-bond acceptors (Lipinski definition) is 4. The second-order valence-electron chi connectivity index (χ2n) is 8.90. The first-order valence-electron chi connectivity index (χ1n) is 11.4. The van der Waals surface area contributed by atoms with Crippen LogP contribution in [0.15, 0.2) is 75.9 Å². The molecule has 0 saturated heterocycles. The molecule has 1 aromatic heterocycles. The first kappa shape index (κ1) is 20.5. The summed E-state index contributed by atoms with van der Waals surface area (Å²) in [6, 6.07) is 23.0. The molecule has 4 nitrogen and oxygen atoms in total. The van der Waals surface area contributed by atoms with Gasteiger partial charge in [0.25, 0.3) is 0 Å². The lowest BCUT2D eigenvalue weighted by molar-refractivity contribution is 0.0926. The number of halogens is 1. The Kier molecular flexibility index (Phi) is 5.20. The molecule has 1 aliphatic carbocycles. The van der Waals surface area contributed by atoms with Crippen molar-refractivity contribution < 1.29 is 9.15 Å². The second kappa shape index (κ2) is 8.36. The zero-order chi connectivity index (χ0) is 22.4. The van der Waals surface area contributed by atoms with E-state index in [9.17, 15) is 4.79 Å². The van der Waals surface area contributed by atoms with Crippen molar-refractivity contribution in [2.45, 2.75) is 31.7 Å². The van der Waals surface area contributed by atoms with Gasteiger partial charge in [0.05, 0.1) is 10.6 Å². The SMILES string of the molecule is O=c1oc2c3c(c(Cl)cc2c2c1CCC2)OCN(CC(c1ccccc1)c1ccccc1)C3. The molecule has 0 radical (unpaired) electrons. The average Bonchev–Trinajstić information content (AvgIpc) is 3.36. The Morgan fingerprint density at radius 1 is 0.909 bits per heavy atom. The number of hydrogen-bond donors (Lipinski definition) is 0. The maximum absolute atomic E-state index is 12.7. The molecule has 3 aromatic carbocycles. The van der Waals surface area contributed by atoms with Crippen molar-refractivity contribution in [2.24, 2.45) is 0 Å². The highest BCUT2D eigenvalue weighted by atomic mass is 35.5. The van der Waals surface area contributed by atoms with Crippen molar-refractivity contribution in [1.82, 2.24) is 4.90 Å². The fourth-order valence-corrected chi connectivity index (χ4v) is 5.58. The fourth-order valence-electron chi connectivity index (χ4n) is 5.30. The first-order chi connectivity index (χ1) is 16.2. The van der Waals surface area contributed by atoms with E-state index in [1.165, 1.54) is 11.1 Å².